The largest absolute Gasteiger partial charge is 0.396 e. The van der Waals surface area contributed by atoms with Crippen LogP contribution in [0.1, 0.15) is 25.7 Å². The van der Waals surface area contributed by atoms with Crippen LogP contribution in [0.25, 0.3) is 0 Å². The molecule has 0 spiro atoms. The van der Waals surface area contributed by atoms with Gasteiger partial charge in [0, 0.05) is 157 Å². The van der Waals surface area contributed by atoms with Crippen LogP contribution in [0.4, 0.5) is 0 Å². The zero-order chi connectivity index (χ0) is 20.6. The van der Waals surface area contributed by atoms with Crippen LogP contribution < -0.4 is 0 Å². The molecule has 0 aliphatic carbocycles. The molecule has 4 radical (unpaired) electrons. The zero-order valence-electron chi connectivity index (χ0n) is 17.4. The standard InChI is InChI=1S/C5H12O3.2C4H8O2.2CH4O2.4Y/c6-3-1-5(8)2-4-7;2*5-2-1-4-3-6-4;2*2-1-3;;;;/h5-8H,1-4H2;2*4-5H,1-3H2;2*2-3H,1H2;;;;. The Labute approximate surface area is 279 Å². The summed E-state index contributed by atoms with van der Waals surface area (Å²) in [5.41, 5.74) is 0. The summed E-state index contributed by atoms with van der Waals surface area (Å²) >= 11 is 0. The summed E-state index contributed by atoms with van der Waals surface area (Å²) in [4.78, 5) is 0. The van der Waals surface area contributed by atoms with Gasteiger partial charge >= 0.3 is 0 Å². The van der Waals surface area contributed by atoms with Crippen molar-refractivity contribution < 1.29 is 186 Å². The van der Waals surface area contributed by atoms with Crippen molar-refractivity contribution in [1.29, 1.82) is 0 Å². The zero-order valence-corrected chi connectivity index (χ0v) is 28.7. The van der Waals surface area contributed by atoms with E-state index in [4.69, 9.17) is 55.4 Å². The third-order valence-electron chi connectivity index (χ3n) is 2.63. The first-order chi connectivity index (χ1) is 12.5. The molecule has 2 rings (SSSR count). The van der Waals surface area contributed by atoms with Gasteiger partial charge in [-0.3, -0.25) is 0 Å². The monoisotopic (exact) mass is 748 g/mol. The molecule has 11 nitrogen and oxygen atoms in total. The van der Waals surface area contributed by atoms with Gasteiger partial charge in [0.15, 0.2) is 0 Å². The van der Waals surface area contributed by atoms with Crippen LogP contribution in [0, 0.1) is 0 Å². The van der Waals surface area contributed by atoms with Gasteiger partial charge < -0.3 is 55.4 Å². The summed E-state index contributed by atoms with van der Waals surface area (Å²) in [6, 6.07) is 0. The second-order valence-electron chi connectivity index (χ2n) is 4.90. The topological polar surface area (TPSA) is 207 Å². The number of hydrogen-bond donors (Lipinski definition) is 9. The SMILES string of the molecule is OCCC(O)CCO.OCCC1CO1.OCCC1CO1.OCO.OCO.[Y].[Y].[Y].[Y]. The molecule has 0 aromatic heterocycles. The molecule has 2 heterocycles. The van der Waals surface area contributed by atoms with Crippen molar-refractivity contribution in [2.24, 2.45) is 0 Å². The van der Waals surface area contributed by atoms with Gasteiger partial charge in [-0.1, -0.05) is 0 Å². The second kappa shape index (κ2) is 46.3. The molecule has 2 saturated heterocycles. The van der Waals surface area contributed by atoms with E-state index < -0.39 is 19.7 Å². The molecule has 0 aromatic carbocycles. The van der Waals surface area contributed by atoms with Crippen LogP contribution in [0.2, 0.25) is 0 Å². The normalized spacial score (nSPS) is 16.2. The van der Waals surface area contributed by atoms with Crippen LogP contribution in [0.15, 0.2) is 0 Å². The van der Waals surface area contributed by atoms with Gasteiger partial charge in [0.1, 0.15) is 13.6 Å². The van der Waals surface area contributed by atoms with E-state index in [2.05, 4.69) is 0 Å². The Hall–Kier alpha value is 3.98. The Morgan fingerprint density at radius 3 is 0.900 bits per heavy atom. The van der Waals surface area contributed by atoms with E-state index in [1.807, 2.05) is 0 Å². The molecule has 2 aliphatic rings. The van der Waals surface area contributed by atoms with Crippen molar-refractivity contribution >= 4 is 0 Å². The molecule has 0 aromatic rings. The Morgan fingerprint density at radius 2 is 0.800 bits per heavy atom. The Morgan fingerprint density at radius 1 is 0.567 bits per heavy atom. The number of epoxide rings is 2. The molecule has 2 unspecified atom stereocenters. The molecule has 0 amide bonds. The Kier molecular flexibility index (Phi) is 78.4. The number of hydrogen-bond acceptors (Lipinski definition) is 11. The van der Waals surface area contributed by atoms with E-state index in [0.717, 1.165) is 26.1 Å². The second-order valence-corrected chi connectivity index (χ2v) is 4.90. The van der Waals surface area contributed by atoms with Gasteiger partial charge in [-0.2, -0.15) is 0 Å². The van der Waals surface area contributed by atoms with Gasteiger partial charge in [-0.05, 0) is 25.7 Å². The first kappa shape index (κ1) is 50.8. The molecule has 9 N–H and O–H groups in total. The van der Waals surface area contributed by atoms with Crippen LogP contribution in [0.3, 0.4) is 0 Å². The van der Waals surface area contributed by atoms with E-state index in [9.17, 15) is 0 Å². The van der Waals surface area contributed by atoms with E-state index in [0.29, 0.717) is 25.0 Å². The van der Waals surface area contributed by atoms with E-state index >= 15 is 0 Å². The number of ether oxygens (including phenoxy) is 2. The average molecular weight is 748 g/mol. The third kappa shape index (κ3) is 63.5. The Bertz CT molecular complexity index is 221. The van der Waals surface area contributed by atoms with Crippen molar-refractivity contribution in [3.63, 3.8) is 0 Å². The Balaban J connectivity index is -0.0000000445. The number of rotatable bonds is 8. The summed E-state index contributed by atoms with van der Waals surface area (Å²) in [5, 5.41) is 70.1. The maximum Gasteiger partial charge on any atom is 0.140 e. The molecule has 15 heteroatoms. The number of aliphatic hydroxyl groups is 9. The first-order valence-electron chi connectivity index (χ1n) is 8.29. The van der Waals surface area contributed by atoms with Crippen LogP contribution in [-0.2, 0) is 140 Å². The fraction of sp³-hybridized carbons (Fsp3) is 1.00. The van der Waals surface area contributed by atoms with Gasteiger partial charge in [0.2, 0.25) is 0 Å². The molecule has 2 aliphatic heterocycles. The van der Waals surface area contributed by atoms with Gasteiger partial charge in [0.05, 0.1) is 31.5 Å². The maximum absolute atomic E-state index is 8.73. The first-order valence-corrected chi connectivity index (χ1v) is 8.29. The molecule has 30 heavy (non-hydrogen) atoms. The predicted octanol–water partition coefficient (Wildman–Crippen LogP) is -3.51. The van der Waals surface area contributed by atoms with Crippen molar-refractivity contribution in [2.45, 2.75) is 44.0 Å². The molecular formula is C15H36O11Y4. The van der Waals surface area contributed by atoms with Crippen molar-refractivity contribution in [1.82, 2.24) is 0 Å². The third-order valence-corrected chi connectivity index (χ3v) is 2.63. The molecule has 2 fully saturated rings. The van der Waals surface area contributed by atoms with Crippen molar-refractivity contribution in [3.8, 4) is 0 Å². The molecule has 0 bridgehead atoms. The number of aliphatic hydroxyl groups excluding tert-OH is 7. The van der Waals surface area contributed by atoms with Crippen molar-refractivity contribution in [2.75, 3.05) is 53.2 Å². The summed E-state index contributed by atoms with van der Waals surface area (Å²) in [7, 11) is 0. The van der Waals surface area contributed by atoms with Gasteiger partial charge in [-0.15, -0.1) is 0 Å². The summed E-state index contributed by atoms with van der Waals surface area (Å²) in [6.45, 7) is 0.735. The summed E-state index contributed by atoms with van der Waals surface area (Å²) in [5.74, 6) is 0. The quantitative estimate of drug-likeness (QED) is 0.0880. The molecule has 0 saturated carbocycles. The van der Waals surface area contributed by atoms with Crippen LogP contribution in [0.5, 0.6) is 0 Å². The van der Waals surface area contributed by atoms with Gasteiger partial charge in [-0.25, -0.2) is 0 Å². The van der Waals surface area contributed by atoms with Crippen LogP contribution >= 0.6 is 0 Å². The summed E-state index contributed by atoms with van der Waals surface area (Å²) < 4.78 is 9.58. The average Bonchev–Trinajstić information content (AvgIpc) is 3.48. The van der Waals surface area contributed by atoms with Crippen LogP contribution in [-0.4, -0.2) is 117 Å². The van der Waals surface area contributed by atoms with E-state index in [1.54, 1.807) is 0 Å². The van der Waals surface area contributed by atoms with Gasteiger partial charge in [0.25, 0.3) is 0 Å². The minimum atomic E-state index is -0.750. The predicted molar refractivity (Wildman–Crippen MR) is 90.9 cm³/mol. The molecular weight excluding hydrogens is 712 g/mol. The fourth-order valence-electron chi connectivity index (χ4n) is 1.20. The van der Waals surface area contributed by atoms with Crippen molar-refractivity contribution in [3.05, 3.63) is 0 Å². The molecule has 174 valence electrons. The minimum Gasteiger partial charge on any atom is -0.396 e. The van der Waals surface area contributed by atoms with E-state index in [1.165, 1.54) is 0 Å². The fourth-order valence-corrected chi connectivity index (χ4v) is 1.20. The molecule has 2 atom stereocenters. The smallest absolute Gasteiger partial charge is 0.140 e. The summed E-state index contributed by atoms with van der Waals surface area (Å²) in [6.07, 6.45) is 2.62. The maximum atomic E-state index is 8.73. The van der Waals surface area contributed by atoms with E-state index in [-0.39, 0.29) is 157 Å². The minimum absolute atomic E-state index is 0.